The van der Waals surface area contributed by atoms with E-state index in [1.165, 1.54) is 13.2 Å². The molecule has 1 amide bonds. The first-order chi connectivity index (χ1) is 10.4. The third-order valence-corrected chi connectivity index (χ3v) is 3.32. The summed E-state index contributed by atoms with van der Waals surface area (Å²) >= 11 is 0. The van der Waals surface area contributed by atoms with E-state index in [0.29, 0.717) is 17.2 Å². The SMILES string of the molecule is COc1ccc(NC(=O)CC2=CCC(N)(O)C=C2)c(OC)c1. The van der Waals surface area contributed by atoms with Crippen LogP contribution in [0.4, 0.5) is 5.69 Å². The smallest absolute Gasteiger partial charge is 0.228 e. The molecular formula is C16H20N2O4. The molecular weight excluding hydrogens is 284 g/mol. The first kappa shape index (κ1) is 16.1. The maximum Gasteiger partial charge on any atom is 0.228 e. The van der Waals surface area contributed by atoms with Gasteiger partial charge in [0, 0.05) is 12.5 Å². The number of carbonyl (C=O) groups excluding carboxylic acids is 1. The minimum Gasteiger partial charge on any atom is -0.497 e. The standard InChI is InChI=1S/C16H20N2O4/c1-21-12-3-4-13(14(10-12)22-2)18-15(19)9-11-5-7-16(17,20)8-6-11/h3-7,10,20H,8-9,17H2,1-2H3,(H,18,19). The Hall–Kier alpha value is -2.31. The molecule has 1 aromatic carbocycles. The van der Waals surface area contributed by atoms with Crippen molar-refractivity contribution >= 4 is 11.6 Å². The van der Waals surface area contributed by atoms with Crippen molar-refractivity contribution in [2.45, 2.75) is 18.6 Å². The number of hydrogen-bond donors (Lipinski definition) is 3. The van der Waals surface area contributed by atoms with Crippen LogP contribution in [0.5, 0.6) is 11.5 Å². The lowest BCUT2D eigenvalue weighted by Crippen LogP contribution is -2.37. The molecule has 4 N–H and O–H groups in total. The molecule has 118 valence electrons. The van der Waals surface area contributed by atoms with Gasteiger partial charge >= 0.3 is 0 Å². The topological polar surface area (TPSA) is 93.8 Å². The molecule has 0 saturated carbocycles. The summed E-state index contributed by atoms with van der Waals surface area (Å²) in [5, 5.41) is 12.4. The van der Waals surface area contributed by atoms with Gasteiger partial charge < -0.3 is 25.6 Å². The second-order valence-corrected chi connectivity index (χ2v) is 5.10. The third kappa shape index (κ3) is 4.09. The van der Waals surface area contributed by atoms with Crippen LogP contribution in [0.25, 0.3) is 0 Å². The summed E-state index contributed by atoms with van der Waals surface area (Å²) in [6.45, 7) is 0. The van der Waals surface area contributed by atoms with Crippen LogP contribution >= 0.6 is 0 Å². The molecule has 1 aliphatic rings. The fourth-order valence-corrected chi connectivity index (χ4v) is 2.09. The van der Waals surface area contributed by atoms with Crippen molar-refractivity contribution < 1.29 is 19.4 Å². The maximum atomic E-state index is 12.1. The number of hydrogen-bond acceptors (Lipinski definition) is 5. The molecule has 0 aromatic heterocycles. The number of benzene rings is 1. The van der Waals surface area contributed by atoms with Crippen LogP contribution in [-0.4, -0.2) is 31.0 Å². The molecule has 0 aliphatic heterocycles. The summed E-state index contributed by atoms with van der Waals surface area (Å²) in [4.78, 5) is 12.1. The molecule has 2 rings (SSSR count). The van der Waals surface area contributed by atoms with Crippen molar-refractivity contribution in [2.75, 3.05) is 19.5 Å². The first-order valence-electron chi connectivity index (χ1n) is 6.85. The Kier molecular flexibility index (Phi) is 4.85. The predicted octanol–water partition coefficient (Wildman–Crippen LogP) is 1.57. The van der Waals surface area contributed by atoms with Gasteiger partial charge in [0.1, 0.15) is 17.2 Å². The Bertz CT molecular complexity index is 621. The lowest BCUT2D eigenvalue weighted by molar-refractivity contribution is -0.115. The fourth-order valence-electron chi connectivity index (χ4n) is 2.09. The monoisotopic (exact) mass is 304 g/mol. The highest BCUT2D eigenvalue weighted by Crippen LogP contribution is 2.29. The van der Waals surface area contributed by atoms with Gasteiger partial charge in [-0.15, -0.1) is 0 Å². The Morgan fingerprint density at radius 3 is 2.77 bits per heavy atom. The highest BCUT2D eigenvalue weighted by Gasteiger charge is 2.19. The highest BCUT2D eigenvalue weighted by atomic mass is 16.5. The van der Waals surface area contributed by atoms with Gasteiger partial charge in [-0.05, 0) is 23.8 Å². The van der Waals surface area contributed by atoms with E-state index in [1.807, 2.05) is 0 Å². The van der Waals surface area contributed by atoms with Gasteiger partial charge in [0.15, 0.2) is 0 Å². The molecule has 1 unspecified atom stereocenters. The Morgan fingerprint density at radius 1 is 1.41 bits per heavy atom. The lowest BCUT2D eigenvalue weighted by atomic mass is 9.98. The second-order valence-electron chi connectivity index (χ2n) is 5.10. The van der Waals surface area contributed by atoms with Gasteiger partial charge in [0.05, 0.1) is 26.3 Å². The fraction of sp³-hybridized carbons (Fsp3) is 0.312. The van der Waals surface area contributed by atoms with E-state index in [2.05, 4.69) is 5.32 Å². The van der Waals surface area contributed by atoms with Crippen LogP contribution in [0, 0.1) is 0 Å². The third-order valence-electron chi connectivity index (χ3n) is 3.32. The van der Waals surface area contributed by atoms with Crippen molar-refractivity contribution in [2.24, 2.45) is 5.73 Å². The average Bonchev–Trinajstić information content (AvgIpc) is 2.50. The van der Waals surface area contributed by atoms with Gasteiger partial charge in [-0.1, -0.05) is 12.2 Å². The number of methoxy groups -OCH3 is 2. The van der Waals surface area contributed by atoms with Crippen LogP contribution in [0.3, 0.4) is 0 Å². The Balaban J connectivity index is 2.01. The summed E-state index contributed by atoms with van der Waals surface area (Å²) in [7, 11) is 3.09. The van der Waals surface area contributed by atoms with E-state index in [1.54, 1.807) is 37.5 Å². The number of anilines is 1. The summed E-state index contributed by atoms with van der Waals surface area (Å²) in [5.41, 5.74) is 5.61. The predicted molar refractivity (Wildman–Crippen MR) is 83.8 cm³/mol. The summed E-state index contributed by atoms with van der Waals surface area (Å²) in [6.07, 6.45) is 5.39. The summed E-state index contributed by atoms with van der Waals surface area (Å²) in [6, 6.07) is 5.16. The van der Waals surface area contributed by atoms with E-state index in [-0.39, 0.29) is 18.7 Å². The second kappa shape index (κ2) is 6.64. The summed E-state index contributed by atoms with van der Waals surface area (Å²) in [5.74, 6) is 0.994. The van der Waals surface area contributed by atoms with Crippen LogP contribution in [-0.2, 0) is 4.79 Å². The largest absolute Gasteiger partial charge is 0.497 e. The normalized spacial score (nSPS) is 20.3. The number of amides is 1. The molecule has 0 heterocycles. The van der Waals surface area contributed by atoms with Gasteiger partial charge in [0.2, 0.25) is 5.91 Å². The molecule has 6 nitrogen and oxygen atoms in total. The van der Waals surface area contributed by atoms with E-state index < -0.39 is 5.72 Å². The van der Waals surface area contributed by atoms with Crippen molar-refractivity contribution in [1.29, 1.82) is 0 Å². The van der Waals surface area contributed by atoms with E-state index in [9.17, 15) is 9.90 Å². The minimum atomic E-state index is -1.32. The van der Waals surface area contributed by atoms with Gasteiger partial charge in [0.25, 0.3) is 0 Å². The number of rotatable bonds is 5. The first-order valence-corrected chi connectivity index (χ1v) is 6.85. The van der Waals surface area contributed by atoms with Crippen molar-refractivity contribution in [3.05, 3.63) is 42.0 Å². The Morgan fingerprint density at radius 2 is 2.18 bits per heavy atom. The molecule has 22 heavy (non-hydrogen) atoms. The summed E-state index contributed by atoms with van der Waals surface area (Å²) < 4.78 is 10.3. The number of carbonyl (C=O) groups is 1. The molecule has 0 bridgehead atoms. The molecule has 0 spiro atoms. The van der Waals surface area contributed by atoms with Crippen molar-refractivity contribution in [1.82, 2.24) is 0 Å². The lowest BCUT2D eigenvalue weighted by Gasteiger charge is -2.21. The zero-order chi connectivity index (χ0) is 16.2. The highest BCUT2D eigenvalue weighted by molar-refractivity contribution is 5.94. The van der Waals surface area contributed by atoms with Crippen LogP contribution in [0.15, 0.2) is 42.0 Å². The van der Waals surface area contributed by atoms with Gasteiger partial charge in [-0.25, -0.2) is 0 Å². The number of allylic oxidation sites excluding steroid dienone is 1. The molecule has 1 aliphatic carbocycles. The molecule has 0 fully saturated rings. The number of nitrogens with one attached hydrogen (secondary N) is 1. The van der Waals surface area contributed by atoms with Crippen LogP contribution in [0.2, 0.25) is 0 Å². The quantitative estimate of drug-likeness (QED) is 0.718. The average molecular weight is 304 g/mol. The van der Waals surface area contributed by atoms with Gasteiger partial charge in [-0.2, -0.15) is 0 Å². The van der Waals surface area contributed by atoms with Crippen LogP contribution < -0.4 is 20.5 Å². The molecule has 0 saturated heterocycles. The van der Waals surface area contributed by atoms with Crippen molar-refractivity contribution in [3.63, 3.8) is 0 Å². The molecule has 1 atom stereocenters. The molecule has 0 radical (unpaired) electrons. The van der Waals surface area contributed by atoms with E-state index >= 15 is 0 Å². The van der Waals surface area contributed by atoms with E-state index in [0.717, 1.165) is 5.57 Å². The van der Waals surface area contributed by atoms with Crippen LogP contribution in [0.1, 0.15) is 12.8 Å². The molecule has 1 aromatic rings. The number of ether oxygens (including phenoxy) is 2. The molecule has 6 heteroatoms. The minimum absolute atomic E-state index is 0.179. The van der Waals surface area contributed by atoms with Crippen molar-refractivity contribution in [3.8, 4) is 11.5 Å². The maximum absolute atomic E-state index is 12.1. The Labute approximate surface area is 129 Å². The van der Waals surface area contributed by atoms with E-state index in [4.69, 9.17) is 15.2 Å². The van der Waals surface area contributed by atoms with Gasteiger partial charge in [-0.3, -0.25) is 4.79 Å². The zero-order valence-electron chi connectivity index (χ0n) is 12.6. The zero-order valence-corrected chi connectivity index (χ0v) is 12.6. The number of nitrogens with two attached hydrogens (primary N) is 1. The number of aliphatic hydroxyl groups is 1.